The molecule has 1 aromatic carbocycles. The zero-order valence-corrected chi connectivity index (χ0v) is 15.6. The van der Waals surface area contributed by atoms with Crippen LogP contribution in [-0.4, -0.2) is 25.9 Å². The number of hydrogen-bond donors (Lipinski definition) is 1. The van der Waals surface area contributed by atoms with Crippen molar-refractivity contribution in [2.45, 2.75) is 42.6 Å². The fourth-order valence-corrected chi connectivity index (χ4v) is 3.61. The third kappa shape index (κ3) is 4.21. The zero-order chi connectivity index (χ0) is 18.8. The van der Waals surface area contributed by atoms with Gasteiger partial charge in [0.1, 0.15) is 17.4 Å². The molecule has 0 aliphatic heterocycles. The topological polar surface area (TPSA) is 73.0 Å². The fraction of sp³-hybridized carbons (Fsp3) is 0.316. The number of anilines is 1. The lowest BCUT2D eigenvalue weighted by molar-refractivity contribution is -0.115. The summed E-state index contributed by atoms with van der Waals surface area (Å²) in [6, 6.07) is 9.60. The minimum Gasteiger partial charge on any atom is -0.467 e. The molecule has 2 aromatic heterocycles. The summed E-state index contributed by atoms with van der Waals surface area (Å²) in [6.45, 7) is 2.33. The molecule has 140 valence electrons. The highest BCUT2D eigenvalue weighted by molar-refractivity contribution is 8.00. The van der Waals surface area contributed by atoms with Gasteiger partial charge in [-0.15, -0.1) is 10.2 Å². The average Bonchev–Trinajstić information content (AvgIpc) is 3.21. The van der Waals surface area contributed by atoms with Crippen LogP contribution in [0, 0.1) is 5.82 Å². The summed E-state index contributed by atoms with van der Waals surface area (Å²) >= 11 is 1.33. The lowest BCUT2D eigenvalue weighted by atomic mass is 10.3. The first-order valence-electron chi connectivity index (χ1n) is 8.78. The minimum absolute atomic E-state index is 0.217. The van der Waals surface area contributed by atoms with Gasteiger partial charge in [-0.25, -0.2) is 4.39 Å². The second-order valence-corrected chi connectivity index (χ2v) is 7.85. The van der Waals surface area contributed by atoms with Gasteiger partial charge in [0.2, 0.25) is 5.91 Å². The summed E-state index contributed by atoms with van der Waals surface area (Å²) in [7, 11) is 0. The molecule has 1 fully saturated rings. The molecule has 1 saturated carbocycles. The number of halogens is 1. The van der Waals surface area contributed by atoms with Gasteiger partial charge in [-0.05, 0) is 50.1 Å². The number of nitrogens with one attached hydrogen (secondary N) is 1. The predicted molar refractivity (Wildman–Crippen MR) is 100 cm³/mol. The second kappa shape index (κ2) is 7.56. The van der Waals surface area contributed by atoms with E-state index >= 15 is 0 Å². The number of nitrogens with zero attached hydrogens (tertiary/aromatic N) is 3. The van der Waals surface area contributed by atoms with Crippen LogP contribution in [0.25, 0.3) is 0 Å². The van der Waals surface area contributed by atoms with Gasteiger partial charge >= 0.3 is 0 Å². The summed E-state index contributed by atoms with van der Waals surface area (Å²) in [6.07, 6.45) is 3.85. The molecule has 1 N–H and O–H groups in total. The average molecular weight is 386 g/mol. The molecule has 1 aliphatic rings. The highest BCUT2D eigenvalue weighted by atomic mass is 32.2. The van der Waals surface area contributed by atoms with E-state index in [4.69, 9.17) is 4.42 Å². The second-order valence-electron chi connectivity index (χ2n) is 6.54. The Morgan fingerprint density at radius 2 is 2.22 bits per heavy atom. The summed E-state index contributed by atoms with van der Waals surface area (Å²) in [4.78, 5) is 12.5. The first-order valence-corrected chi connectivity index (χ1v) is 9.66. The predicted octanol–water partition coefficient (Wildman–Crippen LogP) is 4.06. The number of aromatic nitrogens is 3. The van der Waals surface area contributed by atoms with E-state index in [0.29, 0.717) is 23.3 Å². The van der Waals surface area contributed by atoms with Crippen LogP contribution in [0.4, 0.5) is 10.1 Å². The molecule has 0 saturated heterocycles. The van der Waals surface area contributed by atoms with Crippen molar-refractivity contribution in [3.8, 4) is 0 Å². The van der Waals surface area contributed by atoms with Gasteiger partial charge < -0.3 is 9.73 Å². The monoisotopic (exact) mass is 386 g/mol. The molecule has 4 rings (SSSR count). The largest absolute Gasteiger partial charge is 0.467 e. The Morgan fingerprint density at radius 3 is 2.93 bits per heavy atom. The molecule has 1 unspecified atom stereocenters. The Bertz CT molecular complexity index is 937. The van der Waals surface area contributed by atoms with Gasteiger partial charge in [-0.2, -0.15) is 0 Å². The van der Waals surface area contributed by atoms with Crippen molar-refractivity contribution in [1.29, 1.82) is 0 Å². The van der Waals surface area contributed by atoms with Gasteiger partial charge in [0.05, 0.1) is 18.1 Å². The Balaban J connectivity index is 1.48. The maximum absolute atomic E-state index is 13.3. The molecule has 8 heteroatoms. The van der Waals surface area contributed by atoms with E-state index in [2.05, 4.69) is 15.5 Å². The summed E-state index contributed by atoms with van der Waals surface area (Å²) in [5.41, 5.74) is 0.433. The summed E-state index contributed by atoms with van der Waals surface area (Å²) < 4.78 is 20.8. The number of thioether (sulfide) groups is 1. The number of rotatable bonds is 7. The van der Waals surface area contributed by atoms with Gasteiger partial charge in [-0.1, -0.05) is 17.8 Å². The molecule has 1 atom stereocenters. The van der Waals surface area contributed by atoms with Crippen molar-refractivity contribution in [2.24, 2.45) is 0 Å². The van der Waals surface area contributed by atoms with Crippen LogP contribution in [0.1, 0.15) is 37.3 Å². The van der Waals surface area contributed by atoms with Crippen molar-refractivity contribution in [3.05, 3.63) is 60.1 Å². The van der Waals surface area contributed by atoms with Crippen LogP contribution in [0.5, 0.6) is 0 Å². The van der Waals surface area contributed by atoms with Crippen LogP contribution < -0.4 is 5.32 Å². The standard InChI is InChI=1S/C19H19FN4O2S/c1-12(18(25)21-15-5-2-4-14(20)10-15)27-19-23-22-17(13-7-8-13)24(19)11-16-6-3-9-26-16/h2-6,9-10,12-13H,7-8,11H2,1H3,(H,21,25). The van der Waals surface area contributed by atoms with Crippen molar-refractivity contribution in [2.75, 3.05) is 5.32 Å². The van der Waals surface area contributed by atoms with Crippen LogP contribution in [-0.2, 0) is 11.3 Å². The summed E-state index contributed by atoms with van der Waals surface area (Å²) in [5.74, 6) is 1.58. The van der Waals surface area contributed by atoms with Crippen LogP contribution >= 0.6 is 11.8 Å². The number of carbonyl (C=O) groups is 1. The first-order chi connectivity index (χ1) is 13.1. The van der Waals surface area contributed by atoms with Gasteiger partial charge in [0.15, 0.2) is 5.16 Å². The maximum atomic E-state index is 13.3. The van der Waals surface area contributed by atoms with Gasteiger partial charge in [0.25, 0.3) is 0 Å². The Kier molecular flexibility index (Phi) is 4.98. The summed E-state index contributed by atoms with van der Waals surface area (Å²) in [5, 5.41) is 11.6. The smallest absolute Gasteiger partial charge is 0.237 e. The third-order valence-corrected chi connectivity index (χ3v) is 5.41. The van der Waals surface area contributed by atoms with Crippen molar-refractivity contribution >= 4 is 23.4 Å². The molecule has 27 heavy (non-hydrogen) atoms. The molecule has 1 aliphatic carbocycles. The normalized spacial score (nSPS) is 14.9. The fourth-order valence-electron chi connectivity index (χ4n) is 2.76. The molecule has 0 radical (unpaired) electrons. The Hall–Kier alpha value is -2.61. The van der Waals surface area contributed by atoms with Crippen molar-refractivity contribution < 1.29 is 13.6 Å². The van der Waals surface area contributed by atoms with E-state index in [0.717, 1.165) is 24.4 Å². The third-order valence-electron chi connectivity index (χ3n) is 4.33. The SMILES string of the molecule is CC(Sc1nnc(C2CC2)n1Cc1ccco1)C(=O)Nc1cccc(F)c1. The first kappa shape index (κ1) is 17.8. The molecule has 0 spiro atoms. The molecule has 2 heterocycles. The lowest BCUT2D eigenvalue weighted by Gasteiger charge is -2.13. The van der Waals surface area contributed by atoms with E-state index in [9.17, 15) is 9.18 Å². The van der Waals surface area contributed by atoms with Crippen LogP contribution in [0.2, 0.25) is 0 Å². The van der Waals surface area contributed by atoms with E-state index in [-0.39, 0.29) is 11.7 Å². The van der Waals surface area contributed by atoms with Crippen LogP contribution in [0.15, 0.2) is 52.2 Å². The molecular formula is C19H19FN4O2S. The van der Waals surface area contributed by atoms with Crippen LogP contribution in [0.3, 0.4) is 0 Å². The number of amides is 1. The van der Waals surface area contributed by atoms with Gasteiger partial charge in [0, 0.05) is 11.6 Å². The zero-order valence-electron chi connectivity index (χ0n) is 14.8. The van der Waals surface area contributed by atoms with Gasteiger partial charge in [-0.3, -0.25) is 9.36 Å². The van der Waals surface area contributed by atoms with E-state index in [1.165, 1.54) is 23.9 Å². The van der Waals surface area contributed by atoms with Crippen molar-refractivity contribution in [1.82, 2.24) is 14.8 Å². The lowest BCUT2D eigenvalue weighted by Crippen LogP contribution is -2.23. The highest BCUT2D eigenvalue weighted by Gasteiger charge is 2.31. The van der Waals surface area contributed by atoms with Crippen molar-refractivity contribution in [3.63, 3.8) is 0 Å². The maximum Gasteiger partial charge on any atom is 0.237 e. The Morgan fingerprint density at radius 1 is 1.37 bits per heavy atom. The number of benzene rings is 1. The Labute approximate surface area is 160 Å². The number of carbonyl (C=O) groups excluding carboxylic acids is 1. The molecular weight excluding hydrogens is 367 g/mol. The molecule has 6 nitrogen and oxygen atoms in total. The molecule has 0 bridgehead atoms. The number of hydrogen-bond acceptors (Lipinski definition) is 5. The highest BCUT2D eigenvalue weighted by Crippen LogP contribution is 2.40. The number of furan rings is 1. The minimum atomic E-state index is -0.417. The van der Waals surface area contributed by atoms with E-state index in [1.54, 1.807) is 25.3 Å². The quantitative estimate of drug-likeness (QED) is 0.620. The van der Waals surface area contributed by atoms with E-state index < -0.39 is 5.25 Å². The molecule has 1 amide bonds. The van der Waals surface area contributed by atoms with E-state index in [1.807, 2.05) is 16.7 Å². The molecule has 3 aromatic rings.